The number of carbonyl (C=O) groups is 1. The second-order valence-corrected chi connectivity index (χ2v) is 10.8. The zero-order valence-corrected chi connectivity index (χ0v) is 23.7. The fourth-order valence-corrected chi connectivity index (χ4v) is 5.97. The molecule has 1 aliphatic rings. The van der Waals surface area contributed by atoms with E-state index in [0.29, 0.717) is 11.3 Å². The van der Waals surface area contributed by atoms with Gasteiger partial charge in [-0.3, -0.25) is 9.36 Å². The minimum Gasteiger partial charge on any atom is -0.497 e. The lowest BCUT2D eigenvalue weighted by atomic mass is 9.95. The highest BCUT2D eigenvalue weighted by Crippen LogP contribution is 2.39. The van der Waals surface area contributed by atoms with Gasteiger partial charge in [-0.25, -0.2) is 4.99 Å². The maximum Gasteiger partial charge on any atom is 0.248 e. The van der Waals surface area contributed by atoms with Gasteiger partial charge < -0.3 is 15.2 Å². The smallest absolute Gasteiger partial charge is 0.248 e. The summed E-state index contributed by atoms with van der Waals surface area (Å²) in [4.78, 5) is 19.2. The van der Waals surface area contributed by atoms with E-state index in [2.05, 4.69) is 5.32 Å². The molecule has 212 valence electrons. The Bertz CT molecular complexity index is 1690. The van der Waals surface area contributed by atoms with Gasteiger partial charge in [0.15, 0.2) is 0 Å². The Kier molecular flexibility index (Phi) is 8.04. The average molecular weight is 558 g/mol. The Balaban J connectivity index is 1.55. The normalized spacial score (nSPS) is 14.9. The molecule has 1 aromatic heterocycles. The van der Waals surface area contributed by atoms with Gasteiger partial charge in [0.1, 0.15) is 11.8 Å². The van der Waals surface area contributed by atoms with Crippen molar-refractivity contribution in [3.05, 3.63) is 126 Å². The fourth-order valence-electron chi connectivity index (χ4n) is 5.97. The van der Waals surface area contributed by atoms with E-state index in [1.54, 1.807) is 11.7 Å². The Morgan fingerprint density at radius 3 is 2.19 bits per heavy atom. The number of hydrogen-bond donors (Lipinski definition) is 2. The van der Waals surface area contributed by atoms with Crippen LogP contribution in [0.25, 0.3) is 10.9 Å². The third-order valence-electron chi connectivity index (χ3n) is 8.06. The highest BCUT2D eigenvalue weighted by atomic mass is 16.5. The van der Waals surface area contributed by atoms with Gasteiger partial charge in [0.2, 0.25) is 11.8 Å². The summed E-state index contributed by atoms with van der Waals surface area (Å²) in [6, 6.07) is 34.3. The second-order valence-electron chi connectivity index (χ2n) is 10.8. The van der Waals surface area contributed by atoms with E-state index < -0.39 is 6.04 Å². The molecule has 1 unspecified atom stereocenters. The minimum absolute atomic E-state index is 0.0000352. The molecule has 4 aromatic carbocycles. The summed E-state index contributed by atoms with van der Waals surface area (Å²) in [5.74, 6) is 0.619. The molecule has 1 aliphatic carbocycles. The van der Waals surface area contributed by atoms with Crippen molar-refractivity contribution < 1.29 is 14.6 Å². The average Bonchev–Trinajstić information content (AvgIpc) is 3.33. The molecular formula is C36H35N3O3. The first kappa shape index (κ1) is 27.3. The lowest BCUT2D eigenvalue weighted by molar-refractivity contribution is -0.124. The van der Waals surface area contributed by atoms with Gasteiger partial charge in [-0.05, 0) is 48.7 Å². The molecule has 0 spiro atoms. The number of hydrogen-bond acceptors (Lipinski definition) is 4. The number of fused-ring (bicyclic) bond motifs is 1. The van der Waals surface area contributed by atoms with Crippen molar-refractivity contribution in [3.8, 4) is 11.6 Å². The fraction of sp³-hybridized carbons (Fsp3) is 0.222. The van der Waals surface area contributed by atoms with Gasteiger partial charge in [0, 0.05) is 17.0 Å². The van der Waals surface area contributed by atoms with Gasteiger partial charge >= 0.3 is 0 Å². The van der Waals surface area contributed by atoms with Crippen LogP contribution in [0, 0.1) is 0 Å². The predicted molar refractivity (Wildman–Crippen MR) is 168 cm³/mol. The Hall–Kier alpha value is -4.84. The highest BCUT2D eigenvalue weighted by Gasteiger charge is 2.32. The summed E-state index contributed by atoms with van der Waals surface area (Å²) in [5.41, 5.74) is 4.35. The summed E-state index contributed by atoms with van der Waals surface area (Å²) in [5, 5.41) is 16.3. The summed E-state index contributed by atoms with van der Waals surface area (Å²) >= 11 is 0. The number of aromatic nitrogens is 1. The first-order chi connectivity index (χ1) is 20.6. The number of carbonyl (C=O) groups excluding carboxylic acids is 1. The molecule has 6 rings (SSSR count). The van der Waals surface area contributed by atoms with E-state index >= 15 is 0 Å². The van der Waals surface area contributed by atoms with Crippen LogP contribution in [0.5, 0.6) is 11.6 Å². The maximum absolute atomic E-state index is 14.1. The number of nitrogens with one attached hydrogen (secondary N) is 1. The van der Waals surface area contributed by atoms with Crippen LogP contribution in [0.3, 0.4) is 0 Å². The third-order valence-corrected chi connectivity index (χ3v) is 8.06. The van der Waals surface area contributed by atoms with Crippen LogP contribution in [-0.4, -0.2) is 34.4 Å². The molecule has 6 nitrogen and oxygen atoms in total. The van der Waals surface area contributed by atoms with Crippen molar-refractivity contribution in [2.24, 2.45) is 4.99 Å². The van der Waals surface area contributed by atoms with Crippen LogP contribution in [0.2, 0.25) is 0 Å². The maximum atomic E-state index is 14.1. The number of methoxy groups -OCH3 is 1. The summed E-state index contributed by atoms with van der Waals surface area (Å²) < 4.78 is 7.11. The largest absolute Gasteiger partial charge is 0.497 e. The molecule has 42 heavy (non-hydrogen) atoms. The third kappa shape index (κ3) is 5.53. The van der Waals surface area contributed by atoms with Crippen LogP contribution in [0.15, 0.2) is 114 Å². The highest BCUT2D eigenvalue weighted by molar-refractivity contribution is 6.22. The molecule has 1 saturated carbocycles. The molecule has 0 aliphatic heterocycles. The molecule has 0 radical (unpaired) electrons. The quantitative estimate of drug-likeness (QED) is 0.193. The van der Waals surface area contributed by atoms with E-state index in [4.69, 9.17) is 9.73 Å². The zero-order valence-electron chi connectivity index (χ0n) is 23.7. The lowest BCUT2D eigenvalue weighted by Crippen LogP contribution is -2.41. The van der Waals surface area contributed by atoms with Crippen LogP contribution >= 0.6 is 0 Å². The molecule has 0 saturated heterocycles. The number of benzene rings is 4. The molecule has 1 fully saturated rings. The molecule has 5 aromatic rings. The molecule has 0 bridgehead atoms. The van der Waals surface area contributed by atoms with Crippen LogP contribution < -0.4 is 10.1 Å². The summed E-state index contributed by atoms with van der Waals surface area (Å²) in [7, 11) is 1.63. The second kappa shape index (κ2) is 12.4. The Morgan fingerprint density at radius 1 is 0.857 bits per heavy atom. The number of aliphatic imine (C=N–C) groups is 1. The predicted octanol–water partition coefficient (Wildman–Crippen LogP) is 7.56. The number of aromatic hydroxyl groups is 1. The monoisotopic (exact) mass is 557 g/mol. The van der Waals surface area contributed by atoms with Crippen LogP contribution in [0.1, 0.15) is 54.8 Å². The molecule has 1 amide bonds. The van der Waals surface area contributed by atoms with Crippen molar-refractivity contribution >= 4 is 28.2 Å². The standard InChI is InChI=1S/C36H35N3O3/c1-42-29-23-21-28(22-24-29)37-33(25-13-5-2-6-14-25)32-30-19-11-12-20-31(30)39(36(32)41)34(26-15-7-3-8-16-26)35(40)38-27-17-9-4-10-18-27/h2-3,5-8,11-16,19-24,27,34,41H,4,9-10,17-18H2,1H3,(H,38,40). The van der Waals surface area contributed by atoms with Crippen LogP contribution in [-0.2, 0) is 4.79 Å². The van der Waals surface area contributed by atoms with Gasteiger partial charge in [-0.2, -0.15) is 0 Å². The SMILES string of the molecule is COc1ccc(N=C(c2ccccc2)c2c(O)n(C(C(=O)NC3CCCCC3)c3ccccc3)c3ccccc23)cc1. The molecule has 6 heteroatoms. The van der Waals surface area contributed by atoms with Gasteiger partial charge in [0.25, 0.3) is 0 Å². The van der Waals surface area contributed by atoms with Gasteiger partial charge in [0.05, 0.1) is 29.6 Å². The zero-order chi connectivity index (χ0) is 28.9. The molecule has 1 atom stereocenters. The van der Waals surface area contributed by atoms with E-state index in [9.17, 15) is 9.90 Å². The molecule has 2 N–H and O–H groups in total. The Morgan fingerprint density at radius 2 is 1.50 bits per heavy atom. The van der Waals surface area contributed by atoms with Gasteiger partial charge in [-0.15, -0.1) is 0 Å². The van der Waals surface area contributed by atoms with Crippen molar-refractivity contribution in [1.29, 1.82) is 0 Å². The van der Waals surface area contributed by atoms with Crippen molar-refractivity contribution in [1.82, 2.24) is 9.88 Å². The van der Waals surface area contributed by atoms with E-state index in [-0.39, 0.29) is 17.8 Å². The van der Waals surface area contributed by atoms with Crippen LogP contribution in [0.4, 0.5) is 5.69 Å². The Labute approximate surface area is 246 Å². The van der Waals surface area contributed by atoms with Crippen molar-refractivity contribution in [2.45, 2.75) is 44.2 Å². The lowest BCUT2D eigenvalue weighted by Gasteiger charge is -2.27. The van der Waals surface area contributed by atoms with E-state index in [0.717, 1.165) is 59.2 Å². The number of amides is 1. The topological polar surface area (TPSA) is 75.8 Å². The van der Waals surface area contributed by atoms with Gasteiger partial charge in [-0.1, -0.05) is 98.1 Å². The van der Waals surface area contributed by atoms with E-state index in [1.165, 1.54) is 6.42 Å². The summed E-state index contributed by atoms with van der Waals surface area (Å²) in [6.07, 6.45) is 5.39. The van der Waals surface area contributed by atoms with E-state index in [1.807, 2.05) is 109 Å². The summed E-state index contributed by atoms with van der Waals surface area (Å²) in [6.45, 7) is 0. The number of para-hydroxylation sites is 1. The minimum atomic E-state index is -0.759. The van der Waals surface area contributed by atoms with Crippen molar-refractivity contribution in [2.75, 3.05) is 7.11 Å². The number of rotatable bonds is 8. The molecule has 1 heterocycles. The first-order valence-electron chi connectivity index (χ1n) is 14.6. The number of ether oxygens (including phenoxy) is 1. The first-order valence-corrected chi connectivity index (χ1v) is 14.6. The number of nitrogens with zero attached hydrogens (tertiary/aromatic N) is 2. The van der Waals surface area contributed by atoms with Crippen molar-refractivity contribution in [3.63, 3.8) is 0 Å². The molecular weight excluding hydrogens is 522 g/mol.